The minimum atomic E-state index is -2.86. The molecule has 84 valence electrons. The standard InChI is InChI=1S/C10H14F2N2O/c1-6(2)8-13-4-7(5-14-8)10(3,15)9(11)12/h4-6,9,15H,1-3H3. The first kappa shape index (κ1) is 12.0. The summed E-state index contributed by atoms with van der Waals surface area (Å²) in [4.78, 5) is 7.84. The number of hydrogen-bond acceptors (Lipinski definition) is 3. The molecule has 0 bridgehead atoms. The second-order valence-electron chi connectivity index (χ2n) is 3.93. The van der Waals surface area contributed by atoms with Crippen LogP contribution >= 0.6 is 0 Å². The van der Waals surface area contributed by atoms with Crippen LogP contribution in [0.1, 0.15) is 38.1 Å². The van der Waals surface area contributed by atoms with Crippen LogP contribution in [0.15, 0.2) is 12.4 Å². The van der Waals surface area contributed by atoms with E-state index in [1.165, 1.54) is 12.4 Å². The van der Waals surface area contributed by atoms with Crippen LogP contribution in [0.3, 0.4) is 0 Å². The number of hydrogen-bond donors (Lipinski definition) is 1. The van der Waals surface area contributed by atoms with Crippen molar-refractivity contribution in [1.29, 1.82) is 0 Å². The molecular formula is C10H14F2N2O. The average molecular weight is 216 g/mol. The Labute approximate surface area is 87.2 Å². The number of aliphatic hydroxyl groups is 1. The van der Waals surface area contributed by atoms with Crippen LogP contribution in [0.5, 0.6) is 0 Å². The average Bonchev–Trinajstić information content (AvgIpc) is 2.17. The summed E-state index contributed by atoms with van der Waals surface area (Å²) in [6, 6.07) is 0. The molecule has 0 radical (unpaired) electrons. The quantitative estimate of drug-likeness (QED) is 0.841. The highest BCUT2D eigenvalue weighted by Crippen LogP contribution is 2.26. The maximum absolute atomic E-state index is 12.5. The predicted octanol–water partition coefficient (Wildman–Crippen LogP) is 2.07. The molecule has 0 spiro atoms. The number of rotatable bonds is 3. The Bertz CT molecular complexity index is 323. The first-order valence-corrected chi connectivity index (χ1v) is 4.68. The van der Waals surface area contributed by atoms with Gasteiger partial charge in [-0.1, -0.05) is 13.8 Å². The van der Waals surface area contributed by atoms with Gasteiger partial charge in [0, 0.05) is 23.9 Å². The highest BCUT2D eigenvalue weighted by Gasteiger charge is 2.34. The SMILES string of the molecule is CC(C)c1ncc(C(C)(O)C(F)F)cn1. The van der Waals surface area contributed by atoms with Crippen LogP contribution in [-0.4, -0.2) is 21.5 Å². The van der Waals surface area contributed by atoms with Crippen molar-refractivity contribution in [2.75, 3.05) is 0 Å². The van der Waals surface area contributed by atoms with Crippen molar-refractivity contribution in [3.8, 4) is 0 Å². The van der Waals surface area contributed by atoms with Gasteiger partial charge in [-0.3, -0.25) is 0 Å². The highest BCUT2D eigenvalue weighted by molar-refractivity contribution is 5.15. The van der Waals surface area contributed by atoms with Gasteiger partial charge in [0.25, 0.3) is 6.43 Å². The van der Waals surface area contributed by atoms with Crippen LogP contribution in [-0.2, 0) is 5.60 Å². The fourth-order valence-electron chi connectivity index (χ4n) is 1.02. The lowest BCUT2D eigenvalue weighted by molar-refractivity contribution is -0.0887. The molecule has 5 heteroatoms. The van der Waals surface area contributed by atoms with Crippen LogP contribution in [0, 0.1) is 0 Å². The van der Waals surface area contributed by atoms with E-state index < -0.39 is 12.0 Å². The Hall–Kier alpha value is -1.10. The molecule has 1 rings (SSSR count). The molecule has 1 aromatic heterocycles. The normalized spacial score (nSPS) is 15.7. The van der Waals surface area contributed by atoms with Gasteiger partial charge in [-0.25, -0.2) is 18.7 Å². The third-order valence-electron chi connectivity index (χ3n) is 2.20. The van der Waals surface area contributed by atoms with Crippen LogP contribution in [0.25, 0.3) is 0 Å². The molecule has 0 saturated heterocycles. The van der Waals surface area contributed by atoms with Crippen LogP contribution in [0.4, 0.5) is 8.78 Å². The Balaban J connectivity index is 2.98. The summed E-state index contributed by atoms with van der Waals surface area (Å²) in [5, 5.41) is 9.46. The van der Waals surface area contributed by atoms with Gasteiger partial charge in [0.15, 0.2) is 5.60 Å². The van der Waals surface area contributed by atoms with Gasteiger partial charge < -0.3 is 5.11 Å². The van der Waals surface area contributed by atoms with E-state index in [9.17, 15) is 13.9 Å². The first-order valence-electron chi connectivity index (χ1n) is 4.68. The third-order valence-corrected chi connectivity index (χ3v) is 2.20. The van der Waals surface area contributed by atoms with E-state index in [0.717, 1.165) is 6.92 Å². The molecule has 1 aromatic rings. The molecule has 0 aromatic carbocycles. The molecule has 3 nitrogen and oxygen atoms in total. The molecule has 1 N–H and O–H groups in total. The van der Waals surface area contributed by atoms with Gasteiger partial charge in [-0.15, -0.1) is 0 Å². The zero-order chi connectivity index (χ0) is 11.6. The maximum atomic E-state index is 12.5. The summed E-state index contributed by atoms with van der Waals surface area (Å²) in [5.41, 5.74) is -2.16. The van der Waals surface area contributed by atoms with Crippen molar-refractivity contribution >= 4 is 0 Å². The minimum Gasteiger partial charge on any atom is -0.379 e. The van der Waals surface area contributed by atoms with Gasteiger partial charge in [0.05, 0.1) is 0 Å². The monoisotopic (exact) mass is 216 g/mol. The summed E-state index contributed by atoms with van der Waals surface area (Å²) < 4.78 is 24.9. The fraction of sp³-hybridized carbons (Fsp3) is 0.600. The number of halogens is 2. The van der Waals surface area contributed by atoms with Crippen LogP contribution in [0.2, 0.25) is 0 Å². The summed E-state index contributed by atoms with van der Waals surface area (Å²) >= 11 is 0. The lowest BCUT2D eigenvalue weighted by Gasteiger charge is -2.21. The first-order chi connectivity index (χ1) is 6.85. The Morgan fingerprint density at radius 3 is 2.07 bits per heavy atom. The molecule has 0 saturated carbocycles. The molecule has 0 fully saturated rings. The lowest BCUT2D eigenvalue weighted by Crippen LogP contribution is -2.30. The van der Waals surface area contributed by atoms with E-state index in [1.54, 1.807) is 0 Å². The molecular weight excluding hydrogens is 202 g/mol. The van der Waals surface area contributed by atoms with Crippen molar-refractivity contribution in [2.45, 2.75) is 38.7 Å². The molecule has 0 amide bonds. The lowest BCUT2D eigenvalue weighted by atomic mass is 10.00. The Morgan fingerprint density at radius 2 is 1.73 bits per heavy atom. The van der Waals surface area contributed by atoms with Gasteiger partial charge >= 0.3 is 0 Å². The molecule has 0 aliphatic rings. The maximum Gasteiger partial charge on any atom is 0.270 e. The summed E-state index contributed by atoms with van der Waals surface area (Å²) in [5.74, 6) is 0.708. The van der Waals surface area contributed by atoms with E-state index in [4.69, 9.17) is 0 Å². The number of nitrogens with zero attached hydrogens (tertiary/aromatic N) is 2. The topological polar surface area (TPSA) is 46.0 Å². The second kappa shape index (κ2) is 4.18. The molecule has 0 aliphatic carbocycles. The van der Waals surface area contributed by atoms with Crippen molar-refractivity contribution in [3.05, 3.63) is 23.8 Å². The molecule has 1 heterocycles. The van der Waals surface area contributed by atoms with Gasteiger partial charge in [0.1, 0.15) is 5.82 Å². The largest absolute Gasteiger partial charge is 0.379 e. The van der Waals surface area contributed by atoms with E-state index in [0.29, 0.717) is 5.82 Å². The Kier molecular flexibility index (Phi) is 3.34. The Morgan fingerprint density at radius 1 is 1.27 bits per heavy atom. The summed E-state index contributed by atoms with van der Waals surface area (Å²) in [7, 11) is 0. The molecule has 0 aliphatic heterocycles. The van der Waals surface area contributed by atoms with E-state index in [1.807, 2.05) is 13.8 Å². The van der Waals surface area contributed by atoms with Crippen LogP contribution < -0.4 is 0 Å². The number of aromatic nitrogens is 2. The number of alkyl halides is 2. The highest BCUT2D eigenvalue weighted by atomic mass is 19.3. The smallest absolute Gasteiger partial charge is 0.270 e. The second-order valence-corrected chi connectivity index (χ2v) is 3.93. The van der Waals surface area contributed by atoms with Crippen molar-refractivity contribution in [2.24, 2.45) is 0 Å². The van der Waals surface area contributed by atoms with E-state index in [-0.39, 0.29) is 11.5 Å². The molecule has 1 unspecified atom stereocenters. The van der Waals surface area contributed by atoms with E-state index >= 15 is 0 Å². The summed E-state index contributed by atoms with van der Waals surface area (Å²) in [6.45, 7) is 4.85. The van der Waals surface area contributed by atoms with Gasteiger partial charge in [-0.2, -0.15) is 0 Å². The summed E-state index contributed by atoms with van der Waals surface area (Å²) in [6.07, 6.45) is -0.366. The zero-order valence-electron chi connectivity index (χ0n) is 8.91. The third kappa shape index (κ3) is 2.47. The zero-order valence-corrected chi connectivity index (χ0v) is 8.91. The van der Waals surface area contributed by atoms with Crippen molar-refractivity contribution < 1.29 is 13.9 Å². The van der Waals surface area contributed by atoms with Crippen molar-refractivity contribution in [3.63, 3.8) is 0 Å². The minimum absolute atomic E-state index is 0.0295. The molecule has 1 atom stereocenters. The fourth-order valence-corrected chi connectivity index (χ4v) is 1.02. The van der Waals surface area contributed by atoms with Gasteiger partial charge in [-0.05, 0) is 6.92 Å². The van der Waals surface area contributed by atoms with Crippen molar-refractivity contribution in [1.82, 2.24) is 9.97 Å². The molecule has 15 heavy (non-hydrogen) atoms. The van der Waals surface area contributed by atoms with E-state index in [2.05, 4.69) is 9.97 Å². The van der Waals surface area contributed by atoms with Gasteiger partial charge in [0.2, 0.25) is 0 Å². The predicted molar refractivity (Wildman–Crippen MR) is 51.7 cm³/mol.